The quantitative estimate of drug-likeness (QED) is 0.247. The topological polar surface area (TPSA) is 121 Å². The summed E-state index contributed by atoms with van der Waals surface area (Å²) in [5.74, 6) is 0. The van der Waals surface area contributed by atoms with Crippen molar-refractivity contribution < 1.29 is 43.4 Å². The fourth-order valence-electron chi connectivity index (χ4n) is 0. The molecule has 12 heavy (non-hydrogen) atoms. The molecule has 0 radical (unpaired) electrons. The Labute approximate surface area is 168 Å². The van der Waals surface area contributed by atoms with Crippen molar-refractivity contribution in [3.05, 3.63) is 0 Å². The number of halogens is 1. The van der Waals surface area contributed by atoms with Crippen LogP contribution in [0.3, 0.4) is 0 Å². The monoisotopic (exact) mass is 270 g/mol. The number of rotatable bonds is 0. The van der Waals surface area contributed by atoms with E-state index in [4.69, 9.17) is 30.1 Å². The van der Waals surface area contributed by atoms with Gasteiger partial charge in [-0.25, -0.2) is 0 Å². The minimum absolute atomic E-state index is 0. The van der Waals surface area contributed by atoms with Gasteiger partial charge in [0.25, 0.3) is 0 Å². The van der Waals surface area contributed by atoms with E-state index in [2.05, 4.69) is 0 Å². The van der Waals surface area contributed by atoms with E-state index in [9.17, 15) is 0 Å². The maximum atomic E-state index is 7.17. The van der Waals surface area contributed by atoms with Gasteiger partial charge in [-0.05, 0) is 0 Å². The van der Waals surface area contributed by atoms with E-state index in [-0.39, 0.29) is 126 Å². The Morgan fingerprint density at radius 1 is 0.583 bits per heavy atom. The van der Waals surface area contributed by atoms with Crippen LogP contribution < -0.4 is 0 Å². The van der Waals surface area contributed by atoms with Crippen molar-refractivity contribution in [2.75, 3.05) is 0 Å². The minimum Gasteiger partial charge on any atom is -1.00 e. The first kappa shape index (κ1) is 36.1. The Morgan fingerprint density at radius 2 is 0.583 bits per heavy atom. The third-order valence-electron chi connectivity index (χ3n) is 0. The van der Waals surface area contributed by atoms with Gasteiger partial charge in [0.2, 0.25) is 0 Å². The first-order valence-corrected chi connectivity index (χ1v) is 1.55. The van der Waals surface area contributed by atoms with Crippen LogP contribution in [0.15, 0.2) is 0 Å². The maximum absolute atomic E-state index is 7.17. The SMILES string of the molecule is F.OB(O)O.OB(O)O.[Ca+2].[Ca+2].[Ca+2].[H-].[H-].[H-].[H-].[H-].[H-]. The van der Waals surface area contributed by atoms with Crippen LogP contribution in [0.25, 0.3) is 0 Å². The molecule has 0 aromatic carbocycles. The van der Waals surface area contributed by atoms with E-state index in [1.54, 1.807) is 0 Å². The summed E-state index contributed by atoms with van der Waals surface area (Å²) in [5.41, 5.74) is 0. The summed E-state index contributed by atoms with van der Waals surface area (Å²) in [5, 5.41) is 43.0. The van der Waals surface area contributed by atoms with Gasteiger partial charge in [0.1, 0.15) is 0 Å². The zero-order chi connectivity index (χ0) is 7.15. The largest absolute Gasteiger partial charge is 2.00 e. The maximum Gasteiger partial charge on any atom is 2.00 e. The normalized spacial score (nSPS) is 4.50. The molecular weight excluding hydrogens is 257 g/mol. The van der Waals surface area contributed by atoms with E-state index >= 15 is 0 Å². The van der Waals surface area contributed by atoms with Gasteiger partial charge in [0.05, 0.1) is 0 Å². The van der Waals surface area contributed by atoms with Crippen LogP contribution in [-0.2, 0) is 0 Å². The second-order valence-corrected chi connectivity index (χ2v) is 0.693. The predicted molar refractivity (Wildman–Crippen MR) is 51.3 cm³/mol. The van der Waals surface area contributed by atoms with Crippen LogP contribution in [0, 0.1) is 0 Å². The zero-order valence-electron chi connectivity index (χ0n) is 12.4. The van der Waals surface area contributed by atoms with E-state index in [0.717, 1.165) is 0 Å². The Morgan fingerprint density at radius 3 is 0.583 bits per heavy atom. The van der Waals surface area contributed by atoms with Gasteiger partial charge in [-0.1, -0.05) is 0 Å². The van der Waals surface area contributed by atoms with Crippen LogP contribution >= 0.6 is 0 Å². The van der Waals surface area contributed by atoms with Crippen molar-refractivity contribution in [1.82, 2.24) is 0 Å². The minimum atomic E-state index is -2.17. The van der Waals surface area contributed by atoms with Gasteiger partial charge in [0, 0.05) is 0 Å². The molecule has 12 heteroatoms. The third-order valence-corrected chi connectivity index (χ3v) is 0. The summed E-state index contributed by atoms with van der Waals surface area (Å²) in [7, 11) is -4.33. The molecule has 0 saturated heterocycles. The van der Waals surface area contributed by atoms with Gasteiger partial charge >= 0.3 is 128 Å². The first-order chi connectivity index (χ1) is 3.46. The summed E-state index contributed by atoms with van der Waals surface area (Å²) < 4.78 is 0. The van der Waals surface area contributed by atoms with Gasteiger partial charge in [-0.2, -0.15) is 0 Å². The fraction of sp³-hybridized carbons (Fsp3) is 0. The van der Waals surface area contributed by atoms with Crippen LogP contribution in [0.1, 0.15) is 8.56 Å². The molecule has 0 aliphatic carbocycles. The molecule has 0 aromatic heterocycles. The smallest absolute Gasteiger partial charge is 1.00 e. The molecule has 0 unspecified atom stereocenters. The molecule has 68 valence electrons. The van der Waals surface area contributed by atoms with Crippen molar-refractivity contribution >= 4 is 128 Å². The molecule has 0 spiro atoms. The van der Waals surface area contributed by atoms with Crippen molar-refractivity contribution in [3.63, 3.8) is 0 Å². The number of hydrogen-bond acceptors (Lipinski definition) is 6. The standard InChI is InChI=1S/2BH3O3.3Ca.FH.6H/c2*2-1(3)4;;;;;;;;;;/h2*2-4H;;;;1H;;;;;;/q;;3*+2;;6*-1. The molecule has 0 fully saturated rings. The predicted octanol–water partition coefficient (Wildman–Crippen LogP) is -4.42. The van der Waals surface area contributed by atoms with Crippen molar-refractivity contribution in [2.24, 2.45) is 0 Å². The van der Waals surface area contributed by atoms with Gasteiger partial charge in [-0.15, -0.1) is 0 Å². The molecule has 0 aliphatic rings. The Hall–Kier alpha value is 3.60. The summed E-state index contributed by atoms with van der Waals surface area (Å²) in [6, 6.07) is 0. The molecule has 0 saturated carbocycles. The molecule has 0 atom stereocenters. The van der Waals surface area contributed by atoms with Gasteiger partial charge in [0.15, 0.2) is 0 Å². The molecule has 0 bridgehead atoms. The van der Waals surface area contributed by atoms with E-state index in [1.165, 1.54) is 0 Å². The molecule has 0 aliphatic heterocycles. The van der Waals surface area contributed by atoms with Gasteiger partial charge in [-0.3, -0.25) is 4.70 Å². The Bertz CT molecular complexity index is 52.8. The Balaban J connectivity index is -0.00000000257. The molecule has 0 aromatic rings. The summed E-state index contributed by atoms with van der Waals surface area (Å²) in [6.07, 6.45) is 0. The summed E-state index contributed by atoms with van der Waals surface area (Å²) in [6.45, 7) is 0. The molecule has 0 rings (SSSR count). The van der Waals surface area contributed by atoms with E-state index in [1.807, 2.05) is 0 Å². The first-order valence-electron chi connectivity index (χ1n) is 1.55. The second-order valence-electron chi connectivity index (χ2n) is 0.693. The number of hydrogen-bond donors (Lipinski definition) is 6. The third kappa shape index (κ3) is 167. The van der Waals surface area contributed by atoms with Crippen LogP contribution in [0.2, 0.25) is 0 Å². The average Bonchev–Trinajstić information content (AvgIpc) is 1.25. The molecule has 0 amide bonds. The molecule has 0 heterocycles. The van der Waals surface area contributed by atoms with E-state index in [0.29, 0.717) is 0 Å². The second kappa shape index (κ2) is 29.3. The van der Waals surface area contributed by atoms with Crippen molar-refractivity contribution in [2.45, 2.75) is 0 Å². The zero-order valence-corrected chi connectivity index (χ0v) is 13.0. The van der Waals surface area contributed by atoms with Crippen LogP contribution in [-0.4, -0.2) is 158 Å². The van der Waals surface area contributed by atoms with Gasteiger partial charge < -0.3 is 38.7 Å². The fourth-order valence-corrected chi connectivity index (χ4v) is 0. The molecule has 6 N–H and O–H groups in total. The van der Waals surface area contributed by atoms with E-state index < -0.39 is 14.6 Å². The molecule has 6 nitrogen and oxygen atoms in total. The van der Waals surface area contributed by atoms with Crippen molar-refractivity contribution in [3.8, 4) is 0 Å². The van der Waals surface area contributed by atoms with Crippen LogP contribution in [0.5, 0.6) is 0 Å². The summed E-state index contributed by atoms with van der Waals surface area (Å²) in [4.78, 5) is 0. The van der Waals surface area contributed by atoms with Crippen molar-refractivity contribution in [1.29, 1.82) is 0 Å². The van der Waals surface area contributed by atoms with Crippen LogP contribution in [0.4, 0.5) is 4.70 Å². The summed E-state index contributed by atoms with van der Waals surface area (Å²) >= 11 is 0. The molecular formula is H13B2Ca3FO6. The Kier molecular flexibility index (Phi) is 88.1. The average molecular weight is 270 g/mol.